The summed E-state index contributed by atoms with van der Waals surface area (Å²) < 4.78 is 0. The van der Waals surface area contributed by atoms with Gasteiger partial charge < -0.3 is 15.7 Å². The van der Waals surface area contributed by atoms with Crippen molar-refractivity contribution in [2.75, 3.05) is 11.9 Å². The van der Waals surface area contributed by atoms with Gasteiger partial charge in [0, 0.05) is 18.3 Å². The van der Waals surface area contributed by atoms with E-state index in [2.05, 4.69) is 23.6 Å². The molecule has 4 nitrogen and oxygen atoms in total. The molecule has 0 saturated carbocycles. The van der Waals surface area contributed by atoms with Crippen LogP contribution in [0.2, 0.25) is 0 Å². The van der Waals surface area contributed by atoms with Gasteiger partial charge in [0.15, 0.2) is 0 Å². The van der Waals surface area contributed by atoms with Gasteiger partial charge in [-0.3, -0.25) is 4.79 Å². The topological polar surface area (TPSA) is 61.4 Å². The minimum atomic E-state index is -0.490. The first-order valence-corrected chi connectivity index (χ1v) is 7.91. The molecule has 1 heterocycles. The molecule has 0 fully saturated rings. The summed E-state index contributed by atoms with van der Waals surface area (Å²) in [6.45, 7) is 12.6. The third kappa shape index (κ3) is 3.18. The van der Waals surface area contributed by atoms with Crippen LogP contribution in [0.4, 0.5) is 5.69 Å². The summed E-state index contributed by atoms with van der Waals surface area (Å²) in [5.74, 6) is 0.0448. The van der Waals surface area contributed by atoms with Gasteiger partial charge in [-0.1, -0.05) is 32.9 Å². The van der Waals surface area contributed by atoms with E-state index in [-0.39, 0.29) is 17.4 Å². The molecule has 0 bridgehead atoms. The van der Waals surface area contributed by atoms with Gasteiger partial charge in [-0.2, -0.15) is 0 Å². The second-order valence-corrected chi connectivity index (χ2v) is 7.90. The quantitative estimate of drug-likeness (QED) is 0.801. The highest BCUT2D eigenvalue weighted by Crippen LogP contribution is 2.38. The lowest BCUT2D eigenvalue weighted by atomic mass is 9.84. The summed E-state index contributed by atoms with van der Waals surface area (Å²) in [6.07, 6.45) is -0.399. The Hall–Kier alpha value is -1.39. The molecule has 2 unspecified atom stereocenters. The summed E-state index contributed by atoms with van der Waals surface area (Å²) in [7, 11) is 0. The van der Waals surface area contributed by atoms with Gasteiger partial charge in [0.1, 0.15) is 0 Å². The number of carbonyl (C=O) groups excluding carboxylic acids is 1. The molecule has 2 rings (SSSR count). The van der Waals surface area contributed by atoms with Crippen LogP contribution in [0.15, 0.2) is 18.2 Å². The lowest BCUT2D eigenvalue weighted by Gasteiger charge is -2.28. The zero-order valence-corrected chi connectivity index (χ0v) is 14.4. The third-order valence-corrected chi connectivity index (χ3v) is 4.65. The predicted molar refractivity (Wildman–Crippen MR) is 90.0 cm³/mol. The van der Waals surface area contributed by atoms with Crippen molar-refractivity contribution >= 4 is 11.6 Å². The van der Waals surface area contributed by atoms with Crippen molar-refractivity contribution in [3.63, 3.8) is 0 Å². The zero-order chi connectivity index (χ0) is 16.7. The summed E-state index contributed by atoms with van der Waals surface area (Å²) in [6, 6.07) is 6.21. The Kier molecular flexibility index (Phi) is 4.37. The predicted octanol–water partition coefficient (Wildman–Crippen LogP) is 2.97. The highest BCUT2D eigenvalue weighted by Gasteiger charge is 2.38. The highest BCUT2D eigenvalue weighted by atomic mass is 16.3. The van der Waals surface area contributed by atoms with Gasteiger partial charge >= 0.3 is 0 Å². The number of benzene rings is 1. The monoisotopic (exact) mass is 304 g/mol. The minimum absolute atomic E-state index is 0.0448. The van der Waals surface area contributed by atoms with E-state index in [0.29, 0.717) is 6.54 Å². The van der Waals surface area contributed by atoms with Gasteiger partial charge in [-0.25, -0.2) is 0 Å². The summed E-state index contributed by atoms with van der Waals surface area (Å²) in [5, 5.41) is 16.4. The first-order chi connectivity index (χ1) is 10.0. The van der Waals surface area contributed by atoms with Crippen LogP contribution in [0.5, 0.6) is 0 Å². The number of hydrogen-bond donors (Lipinski definition) is 3. The Morgan fingerprint density at radius 3 is 2.55 bits per heavy atom. The summed E-state index contributed by atoms with van der Waals surface area (Å²) in [5.41, 5.74) is 2.45. The standard InChI is InChI=1S/C18H28N2O2/c1-11(19-10-15(21)17(2,3)4)12-7-8-14-13(9-12)18(5,6)16(22)20-14/h7-9,11,15,19,21H,10H2,1-6H3,(H,20,22). The molecule has 0 aromatic heterocycles. The van der Waals surface area contributed by atoms with Gasteiger partial charge in [0.25, 0.3) is 0 Å². The van der Waals surface area contributed by atoms with Gasteiger partial charge in [-0.15, -0.1) is 0 Å². The molecule has 1 aromatic carbocycles. The molecule has 122 valence electrons. The largest absolute Gasteiger partial charge is 0.391 e. The van der Waals surface area contributed by atoms with Crippen LogP contribution in [0.1, 0.15) is 58.7 Å². The SMILES string of the molecule is CC(NCC(O)C(C)(C)C)c1ccc2c(c1)C(C)(C)C(=O)N2. The first-order valence-electron chi connectivity index (χ1n) is 7.91. The second kappa shape index (κ2) is 5.67. The molecule has 0 saturated heterocycles. The lowest BCUT2D eigenvalue weighted by Crippen LogP contribution is -2.37. The molecule has 22 heavy (non-hydrogen) atoms. The van der Waals surface area contributed by atoms with Crippen LogP contribution in [-0.2, 0) is 10.2 Å². The van der Waals surface area contributed by atoms with E-state index < -0.39 is 11.5 Å². The van der Waals surface area contributed by atoms with E-state index in [0.717, 1.165) is 16.8 Å². The maximum Gasteiger partial charge on any atom is 0.234 e. The van der Waals surface area contributed by atoms with Crippen molar-refractivity contribution in [1.29, 1.82) is 0 Å². The Morgan fingerprint density at radius 2 is 1.95 bits per heavy atom. The summed E-state index contributed by atoms with van der Waals surface area (Å²) in [4.78, 5) is 12.0. The molecule has 1 aliphatic rings. The Balaban J connectivity index is 2.11. The number of aliphatic hydroxyl groups excluding tert-OH is 1. The van der Waals surface area contributed by atoms with Crippen LogP contribution in [-0.4, -0.2) is 23.7 Å². The average Bonchev–Trinajstić information content (AvgIpc) is 2.65. The Morgan fingerprint density at radius 1 is 1.32 bits per heavy atom. The zero-order valence-electron chi connectivity index (χ0n) is 14.4. The molecule has 1 aliphatic heterocycles. The van der Waals surface area contributed by atoms with E-state index in [1.807, 2.05) is 46.8 Å². The van der Waals surface area contributed by atoms with Crippen molar-refractivity contribution in [2.45, 2.75) is 59.1 Å². The van der Waals surface area contributed by atoms with E-state index in [4.69, 9.17) is 0 Å². The third-order valence-electron chi connectivity index (χ3n) is 4.65. The second-order valence-electron chi connectivity index (χ2n) is 7.90. The summed E-state index contributed by atoms with van der Waals surface area (Å²) >= 11 is 0. The van der Waals surface area contributed by atoms with E-state index >= 15 is 0 Å². The van der Waals surface area contributed by atoms with Gasteiger partial charge in [-0.05, 0) is 43.4 Å². The fourth-order valence-electron chi connectivity index (χ4n) is 2.57. The van der Waals surface area contributed by atoms with Crippen LogP contribution >= 0.6 is 0 Å². The lowest BCUT2D eigenvalue weighted by molar-refractivity contribution is -0.119. The number of hydrogen-bond acceptors (Lipinski definition) is 3. The van der Waals surface area contributed by atoms with Crippen LogP contribution in [0.25, 0.3) is 0 Å². The molecule has 0 aliphatic carbocycles. The number of nitrogens with one attached hydrogen (secondary N) is 2. The Labute approximate surface area is 133 Å². The highest BCUT2D eigenvalue weighted by molar-refractivity contribution is 6.05. The number of amides is 1. The maximum atomic E-state index is 12.0. The number of anilines is 1. The van der Waals surface area contributed by atoms with Gasteiger partial charge in [0.2, 0.25) is 5.91 Å². The van der Waals surface area contributed by atoms with Crippen molar-refractivity contribution in [3.8, 4) is 0 Å². The van der Waals surface area contributed by atoms with E-state index in [1.54, 1.807) is 0 Å². The van der Waals surface area contributed by atoms with Crippen molar-refractivity contribution in [2.24, 2.45) is 5.41 Å². The normalized spacial score (nSPS) is 19.5. The maximum absolute atomic E-state index is 12.0. The van der Waals surface area contributed by atoms with E-state index in [9.17, 15) is 9.90 Å². The molecule has 3 N–H and O–H groups in total. The minimum Gasteiger partial charge on any atom is -0.391 e. The number of fused-ring (bicyclic) bond motifs is 1. The number of carbonyl (C=O) groups is 1. The average molecular weight is 304 g/mol. The Bertz CT molecular complexity index is 573. The molecular formula is C18H28N2O2. The van der Waals surface area contributed by atoms with Gasteiger partial charge in [0.05, 0.1) is 11.5 Å². The molecule has 0 radical (unpaired) electrons. The van der Waals surface area contributed by atoms with Crippen LogP contribution in [0.3, 0.4) is 0 Å². The fourth-order valence-corrected chi connectivity index (χ4v) is 2.57. The van der Waals surface area contributed by atoms with Crippen LogP contribution in [0, 0.1) is 5.41 Å². The molecule has 1 amide bonds. The van der Waals surface area contributed by atoms with Crippen molar-refractivity contribution < 1.29 is 9.90 Å². The molecule has 0 spiro atoms. The molecular weight excluding hydrogens is 276 g/mol. The van der Waals surface area contributed by atoms with Crippen molar-refractivity contribution in [3.05, 3.63) is 29.3 Å². The number of rotatable bonds is 4. The molecule has 2 atom stereocenters. The van der Waals surface area contributed by atoms with E-state index in [1.165, 1.54) is 0 Å². The van der Waals surface area contributed by atoms with Crippen LogP contribution < -0.4 is 10.6 Å². The smallest absolute Gasteiger partial charge is 0.234 e. The molecule has 1 aromatic rings. The first kappa shape index (κ1) is 17.0. The van der Waals surface area contributed by atoms with Crippen molar-refractivity contribution in [1.82, 2.24) is 5.32 Å². The molecule has 4 heteroatoms. The fraction of sp³-hybridized carbons (Fsp3) is 0.611. The number of aliphatic hydroxyl groups is 1.